The van der Waals surface area contributed by atoms with Crippen LogP contribution in [-0.2, 0) is 4.79 Å². The lowest BCUT2D eigenvalue weighted by molar-refractivity contribution is -0.119. The Morgan fingerprint density at radius 1 is 1.13 bits per heavy atom. The molecule has 0 heterocycles. The predicted molar refractivity (Wildman–Crippen MR) is 91.4 cm³/mol. The van der Waals surface area contributed by atoms with Crippen molar-refractivity contribution < 1.29 is 9.18 Å². The molecule has 5 nitrogen and oxygen atoms in total. The monoisotopic (exact) mass is 314 g/mol. The molecule has 6 heteroatoms. The molecule has 1 amide bonds. The first-order valence-electron chi connectivity index (χ1n) is 7.13. The van der Waals surface area contributed by atoms with Crippen molar-refractivity contribution >= 4 is 23.5 Å². The number of nitrogens with zero attached hydrogens (tertiary/aromatic N) is 2. The fourth-order valence-corrected chi connectivity index (χ4v) is 1.83. The van der Waals surface area contributed by atoms with Crippen molar-refractivity contribution in [2.75, 3.05) is 30.9 Å². The number of hydrazone groups is 1. The van der Waals surface area contributed by atoms with E-state index >= 15 is 0 Å². The van der Waals surface area contributed by atoms with Gasteiger partial charge in [0, 0.05) is 25.5 Å². The van der Waals surface area contributed by atoms with Crippen LogP contribution in [0.15, 0.2) is 53.6 Å². The third-order valence-corrected chi connectivity index (χ3v) is 3.11. The molecule has 2 aromatic rings. The van der Waals surface area contributed by atoms with Crippen molar-refractivity contribution in [1.82, 2.24) is 5.43 Å². The van der Waals surface area contributed by atoms with Crippen LogP contribution in [0.3, 0.4) is 0 Å². The van der Waals surface area contributed by atoms with Gasteiger partial charge < -0.3 is 10.2 Å². The van der Waals surface area contributed by atoms with E-state index in [-0.39, 0.29) is 18.3 Å². The highest BCUT2D eigenvalue weighted by atomic mass is 19.1. The molecular weight excluding hydrogens is 295 g/mol. The zero-order valence-electron chi connectivity index (χ0n) is 13.1. The average molecular weight is 314 g/mol. The molecule has 0 saturated carbocycles. The molecule has 0 saturated heterocycles. The van der Waals surface area contributed by atoms with E-state index in [1.807, 2.05) is 43.3 Å². The number of hydrogen-bond donors (Lipinski definition) is 2. The van der Waals surface area contributed by atoms with Gasteiger partial charge in [-0.1, -0.05) is 12.1 Å². The summed E-state index contributed by atoms with van der Waals surface area (Å²) in [7, 11) is 3.94. The maximum Gasteiger partial charge on any atom is 0.259 e. The van der Waals surface area contributed by atoms with Crippen LogP contribution in [0, 0.1) is 5.82 Å². The minimum Gasteiger partial charge on any atom is -0.378 e. The maximum absolute atomic E-state index is 12.8. The summed E-state index contributed by atoms with van der Waals surface area (Å²) in [6.45, 7) is 0.0581. The van der Waals surface area contributed by atoms with Crippen LogP contribution in [0.1, 0.15) is 5.56 Å². The molecule has 0 aliphatic carbocycles. The fraction of sp³-hybridized carbons (Fsp3) is 0.176. The summed E-state index contributed by atoms with van der Waals surface area (Å²) in [5, 5.41) is 6.79. The number of carbonyl (C=O) groups is 1. The third kappa shape index (κ3) is 5.43. The van der Waals surface area contributed by atoms with E-state index in [4.69, 9.17) is 0 Å². The van der Waals surface area contributed by atoms with Crippen molar-refractivity contribution in [3.63, 3.8) is 0 Å². The number of benzene rings is 2. The van der Waals surface area contributed by atoms with Crippen LogP contribution in [0.4, 0.5) is 15.8 Å². The number of amides is 1. The second-order valence-electron chi connectivity index (χ2n) is 5.14. The summed E-state index contributed by atoms with van der Waals surface area (Å²) in [4.78, 5) is 13.7. The number of rotatable bonds is 6. The average Bonchev–Trinajstić information content (AvgIpc) is 2.55. The minimum absolute atomic E-state index is 0.0581. The van der Waals surface area contributed by atoms with E-state index in [1.54, 1.807) is 18.3 Å². The fourth-order valence-electron chi connectivity index (χ4n) is 1.83. The van der Waals surface area contributed by atoms with Gasteiger partial charge in [0.2, 0.25) is 0 Å². The molecular formula is C17H19FN4O. The molecule has 2 N–H and O–H groups in total. The number of halogens is 1. The van der Waals surface area contributed by atoms with Crippen LogP contribution in [0.5, 0.6) is 0 Å². The number of carbonyl (C=O) groups excluding carboxylic acids is 1. The first kappa shape index (κ1) is 16.5. The van der Waals surface area contributed by atoms with Crippen LogP contribution in [-0.4, -0.2) is 32.8 Å². The first-order valence-corrected chi connectivity index (χ1v) is 7.13. The van der Waals surface area contributed by atoms with Crippen molar-refractivity contribution in [3.05, 3.63) is 59.9 Å². The molecule has 0 fully saturated rings. The molecule has 0 bridgehead atoms. The number of nitrogens with one attached hydrogen (secondary N) is 2. The van der Waals surface area contributed by atoms with Gasteiger partial charge in [0.15, 0.2) is 0 Å². The zero-order chi connectivity index (χ0) is 16.7. The van der Waals surface area contributed by atoms with Crippen LogP contribution >= 0.6 is 0 Å². The van der Waals surface area contributed by atoms with Gasteiger partial charge in [-0.25, -0.2) is 9.82 Å². The van der Waals surface area contributed by atoms with Gasteiger partial charge in [-0.2, -0.15) is 5.10 Å². The Morgan fingerprint density at radius 3 is 2.39 bits per heavy atom. The molecule has 120 valence electrons. The predicted octanol–water partition coefficient (Wildman–Crippen LogP) is 2.45. The Kier molecular flexibility index (Phi) is 5.68. The standard InChI is InChI=1S/C17H19FN4O/c1-22(2)16-9-3-13(4-10-16)11-20-21-17(23)12-19-15-7-5-14(18)6-8-15/h3-11,19H,12H2,1-2H3,(H,21,23). The van der Waals surface area contributed by atoms with E-state index in [1.165, 1.54) is 12.1 Å². The van der Waals surface area contributed by atoms with Gasteiger partial charge in [0.1, 0.15) is 5.82 Å². The Balaban J connectivity index is 1.78. The molecule has 23 heavy (non-hydrogen) atoms. The summed E-state index contributed by atoms with van der Waals surface area (Å²) in [5.74, 6) is -0.597. The van der Waals surface area contributed by atoms with Gasteiger partial charge in [-0.15, -0.1) is 0 Å². The summed E-state index contributed by atoms with van der Waals surface area (Å²) in [6.07, 6.45) is 1.58. The second kappa shape index (κ2) is 7.93. The van der Waals surface area contributed by atoms with E-state index < -0.39 is 0 Å². The van der Waals surface area contributed by atoms with Gasteiger partial charge in [-0.05, 0) is 42.0 Å². The Labute approximate surface area is 134 Å². The zero-order valence-corrected chi connectivity index (χ0v) is 13.1. The maximum atomic E-state index is 12.8. The van der Waals surface area contributed by atoms with Gasteiger partial charge in [0.05, 0.1) is 12.8 Å². The van der Waals surface area contributed by atoms with Gasteiger partial charge in [0.25, 0.3) is 5.91 Å². The second-order valence-corrected chi connectivity index (χ2v) is 5.14. The van der Waals surface area contributed by atoms with Crippen molar-refractivity contribution in [3.8, 4) is 0 Å². The van der Waals surface area contributed by atoms with Crippen molar-refractivity contribution in [2.45, 2.75) is 0 Å². The van der Waals surface area contributed by atoms with E-state index in [0.717, 1.165) is 11.3 Å². The van der Waals surface area contributed by atoms with Gasteiger partial charge in [-0.3, -0.25) is 4.79 Å². The Morgan fingerprint density at radius 2 is 1.78 bits per heavy atom. The summed E-state index contributed by atoms with van der Waals surface area (Å²) < 4.78 is 12.8. The van der Waals surface area contributed by atoms with E-state index in [2.05, 4.69) is 15.8 Å². The SMILES string of the molecule is CN(C)c1ccc(C=NNC(=O)CNc2ccc(F)cc2)cc1. The lowest BCUT2D eigenvalue weighted by atomic mass is 10.2. The number of hydrogen-bond acceptors (Lipinski definition) is 4. The third-order valence-electron chi connectivity index (χ3n) is 3.11. The highest BCUT2D eigenvalue weighted by molar-refractivity contribution is 5.84. The van der Waals surface area contributed by atoms with Crippen molar-refractivity contribution in [1.29, 1.82) is 0 Å². The normalized spacial score (nSPS) is 10.6. The molecule has 0 spiro atoms. The Hall–Kier alpha value is -2.89. The molecule has 0 aliphatic rings. The molecule has 0 aliphatic heterocycles. The van der Waals surface area contributed by atoms with Crippen LogP contribution < -0.4 is 15.6 Å². The lowest BCUT2D eigenvalue weighted by Gasteiger charge is -2.11. The van der Waals surface area contributed by atoms with Gasteiger partial charge >= 0.3 is 0 Å². The highest BCUT2D eigenvalue weighted by Gasteiger charge is 2.00. The van der Waals surface area contributed by atoms with E-state index in [9.17, 15) is 9.18 Å². The topological polar surface area (TPSA) is 56.7 Å². The van der Waals surface area contributed by atoms with Crippen molar-refractivity contribution in [2.24, 2.45) is 5.10 Å². The highest BCUT2D eigenvalue weighted by Crippen LogP contribution is 2.10. The van der Waals surface area contributed by atoms with E-state index in [0.29, 0.717) is 5.69 Å². The molecule has 2 rings (SSSR count). The molecule has 0 radical (unpaired) electrons. The summed E-state index contributed by atoms with van der Waals surface area (Å²) in [6, 6.07) is 13.6. The smallest absolute Gasteiger partial charge is 0.259 e. The quantitative estimate of drug-likeness (QED) is 0.636. The molecule has 0 atom stereocenters. The largest absolute Gasteiger partial charge is 0.378 e. The van der Waals surface area contributed by atoms with Crippen LogP contribution in [0.25, 0.3) is 0 Å². The minimum atomic E-state index is -0.315. The molecule has 2 aromatic carbocycles. The van der Waals surface area contributed by atoms with Crippen LogP contribution in [0.2, 0.25) is 0 Å². The summed E-state index contributed by atoms with van der Waals surface area (Å²) in [5.41, 5.74) is 5.09. The number of anilines is 2. The molecule has 0 aromatic heterocycles. The molecule has 0 unspecified atom stereocenters. The summed E-state index contributed by atoms with van der Waals surface area (Å²) >= 11 is 0. The first-order chi connectivity index (χ1) is 11.0. The Bertz CT molecular complexity index is 666. The lowest BCUT2D eigenvalue weighted by Crippen LogP contribution is -2.25.